The molecule has 0 spiro atoms. The van der Waals surface area contributed by atoms with E-state index in [9.17, 15) is 4.79 Å². The number of benzene rings is 1. The van der Waals surface area contributed by atoms with Crippen molar-refractivity contribution in [1.82, 2.24) is 0 Å². The maximum absolute atomic E-state index is 11.4. The molecule has 104 valence electrons. The van der Waals surface area contributed by atoms with E-state index in [1.807, 2.05) is 31.2 Å². The zero-order valence-corrected chi connectivity index (χ0v) is 11.4. The minimum absolute atomic E-state index is 0.141. The summed E-state index contributed by atoms with van der Waals surface area (Å²) < 4.78 is 16.0. The van der Waals surface area contributed by atoms with E-state index in [2.05, 4.69) is 0 Å². The van der Waals surface area contributed by atoms with Crippen LogP contribution in [0.25, 0.3) is 0 Å². The molecule has 0 N–H and O–H groups in total. The zero-order chi connectivity index (χ0) is 13.7. The number of ether oxygens (including phenoxy) is 3. The largest absolute Gasteiger partial charge is 0.469 e. The summed E-state index contributed by atoms with van der Waals surface area (Å²) in [6.07, 6.45) is 3.04. The summed E-state index contributed by atoms with van der Waals surface area (Å²) in [4.78, 5) is 11.4. The number of carbonyl (C=O) groups excluding carboxylic acids is 1. The van der Waals surface area contributed by atoms with Crippen LogP contribution in [0.15, 0.2) is 24.3 Å². The summed E-state index contributed by atoms with van der Waals surface area (Å²) >= 11 is 0. The Morgan fingerprint density at radius 3 is 2.63 bits per heavy atom. The van der Waals surface area contributed by atoms with Gasteiger partial charge in [0, 0.05) is 6.42 Å². The Labute approximate surface area is 113 Å². The summed E-state index contributed by atoms with van der Waals surface area (Å²) in [7, 11) is 1.40. The molecule has 0 bridgehead atoms. The lowest BCUT2D eigenvalue weighted by Gasteiger charge is -2.23. The van der Waals surface area contributed by atoms with E-state index in [-0.39, 0.29) is 18.2 Å². The third-order valence-corrected chi connectivity index (χ3v) is 3.34. The van der Waals surface area contributed by atoms with Gasteiger partial charge in [0.1, 0.15) is 5.75 Å². The van der Waals surface area contributed by atoms with E-state index >= 15 is 0 Å². The Balaban J connectivity index is 1.95. The third-order valence-electron chi connectivity index (χ3n) is 3.34. The monoisotopic (exact) mass is 264 g/mol. The van der Waals surface area contributed by atoms with Crippen LogP contribution in [-0.2, 0) is 14.3 Å². The van der Waals surface area contributed by atoms with Crippen molar-refractivity contribution < 1.29 is 19.0 Å². The van der Waals surface area contributed by atoms with Gasteiger partial charge < -0.3 is 14.2 Å². The Morgan fingerprint density at radius 1 is 1.32 bits per heavy atom. The second-order valence-corrected chi connectivity index (χ2v) is 4.73. The summed E-state index contributed by atoms with van der Waals surface area (Å²) in [5.41, 5.74) is 0.920. The maximum atomic E-state index is 11.4. The van der Waals surface area contributed by atoms with E-state index < -0.39 is 0 Å². The molecule has 1 aromatic rings. The molecule has 2 unspecified atom stereocenters. The van der Waals surface area contributed by atoms with Gasteiger partial charge in [0.2, 0.25) is 0 Å². The van der Waals surface area contributed by atoms with E-state index in [0.717, 1.165) is 37.2 Å². The molecule has 1 aliphatic heterocycles. The fraction of sp³-hybridized carbons (Fsp3) is 0.533. The van der Waals surface area contributed by atoms with Gasteiger partial charge in [0.25, 0.3) is 0 Å². The molecule has 2 atom stereocenters. The van der Waals surface area contributed by atoms with Crippen LogP contribution in [0.2, 0.25) is 0 Å². The molecular weight excluding hydrogens is 244 g/mol. The van der Waals surface area contributed by atoms with E-state index in [4.69, 9.17) is 14.2 Å². The predicted octanol–water partition coefficient (Wildman–Crippen LogP) is 2.87. The Hall–Kier alpha value is -1.55. The molecule has 4 heteroatoms. The Bertz CT molecular complexity index is 407. The summed E-state index contributed by atoms with van der Waals surface area (Å²) in [6, 6.07) is 7.51. The predicted molar refractivity (Wildman–Crippen MR) is 71.1 cm³/mol. The second-order valence-electron chi connectivity index (χ2n) is 4.73. The zero-order valence-electron chi connectivity index (χ0n) is 11.4. The van der Waals surface area contributed by atoms with Crippen LogP contribution >= 0.6 is 0 Å². The average Bonchev–Trinajstić information content (AvgIpc) is 2.47. The van der Waals surface area contributed by atoms with Crippen LogP contribution in [-0.4, -0.2) is 26.0 Å². The van der Waals surface area contributed by atoms with Crippen molar-refractivity contribution in [1.29, 1.82) is 0 Å². The number of carbonyl (C=O) groups is 1. The van der Waals surface area contributed by atoms with Crippen molar-refractivity contribution in [2.45, 2.75) is 38.4 Å². The van der Waals surface area contributed by atoms with Crippen molar-refractivity contribution in [2.24, 2.45) is 0 Å². The van der Waals surface area contributed by atoms with Crippen LogP contribution in [0.5, 0.6) is 5.75 Å². The number of esters is 1. The van der Waals surface area contributed by atoms with Crippen LogP contribution in [0.4, 0.5) is 0 Å². The highest BCUT2D eigenvalue weighted by Crippen LogP contribution is 2.23. The van der Waals surface area contributed by atoms with Crippen LogP contribution in [0.3, 0.4) is 0 Å². The molecule has 2 rings (SSSR count). The minimum atomic E-state index is -0.259. The first-order valence-corrected chi connectivity index (χ1v) is 6.67. The van der Waals surface area contributed by atoms with Gasteiger partial charge in [-0.2, -0.15) is 0 Å². The van der Waals surface area contributed by atoms with Gasteiger partial charge >= 0.3 is 5.97 Å². The molecular formula is C15H20O4. The van der Waals surface area contributed by atoms with Gasteiger partial charge in [-0.25, -0.2) is 0 Å². The van der Waals surface area contributed by atoms with Gasteiger partial charge in [0.15, 0.2) is 6.29 Å². The van der Waals surface area contributed by atoms with Gasteiger partial charge in [-0.3, -0.25) is 4.79 Å². The van der Waals surface area contributed by atoms with Crippen molar-refractivity contribution in [3.05, 3.63) is 29.8 Å². The van der Waals surface area contributed by atoms with Crippen LogP contribution in [0.1, 0.15) is 37.7 Å². The van der Waals surface area contributed by atoms with Crippen molar-refractivity contribution in [3.8, 4) is 5.75 Å². The molecule has 4 nitrogen and oxygen atoms in total. The van der Waals surface area contributed by atoms with E-state index in [1.54, 1.807) is 0 Å². The lowest BCUT2D eigenvalue weighted by molar-refractivity contribution is -0.142. The van der Waals surface area contributed by atoms with Gasteiger partial charge in [-0.1, -0.05) is 12.1 Å². The van der Waals surface area contributed by atoms with Crippen LogP contribution < -0.4 is 4.74 Å². The molecule has 0 amide bonds. The topological polar surface area (TPSA) is 44.8 Å². The molecule has 0 aromatic heterocycles. The molecule has 19 heavy (non-hydrogen) atoms. The third kappa shape index (κ3) is 3.70. The first-order chi connectivity index (χ1) is 9.20. The lowest BCUT2D eigenvalue weighted by atomic mass is 10.0. The Morgan fingerprint density at radius 2 is 2.05 bits per heavy atom. The first-order valence-electron chi connectivity index (χ1n) is 6.67. The summed E-state index contributed by atoms with van der Waals surface area (Å²) in [5.74, 6) is 0.280. The number of hydrogen-bond donors (Lipinski definition) is 0. The smallest absolute Gasteiger partial charge is 0.312 e. The molecule has 1 fully saturated rings. The van der Waals surface area contributed by atoms with Gasteiger partial charge in [-0.05, 0) is 37.5 Å². The van der Waals surface area contributed by atoms with E-state index in [0.29, 0.717) is 0 Å². The first kappa shape index (κ1) is 13.9. The molecule has 0 radical (unpaired) electrons. The minimum Gasteiger partial charge on any atom is -0.469 e. The van der Waals surface area contributed by atoms with Crippen molar-refractivity contribution in [3.63, 3.8) is 0 Å². The highest BCUT2D eigenvalue weighted by Gasteiger charge is 2.17. The van der Waals surface area contributed by atoms with Crippen molar-refractivity contribution in [2.75, 3.05) is 13.7 Å². The number of hydrogen-bond acceptors (Lipinski definition) is 4. The highest BCUT2D eigenvalue weighted by molar-refractivity contribution is 5.77. The Kier molecular flexibility index (Phi) is 4.80. The molecule has 1 heterocycles. The molecule has 1 aliphatic rings. The number of methoxy groups -OCH3 is 1. The van der Waals surface area contributed by atoms with Gasteiger partial charge in [0.05, 0.1) is 19.6 Å². The van der Waals surface area contributed by atoms with Crippen LogP contribution in [0, 0.1) is 0 Å². The quantitative estimate of drug-likeness (QED) is 0.784. The summed E-state index contributed by atoms with van der Waals surface area (Å²) in [6.45, 7) is 2.59. The fourth-order valence-corrected chi connectivity index (χ4v) is 2.10. The molecule has 0 aliphatic carbocycles. The highest BCUT2D eigenvalue weighted by atomic mass is 16.7. The maximum Gasteiger partial charge on any atom is 0.312 e. The molecule has 0 saturated carbocycles. The number of rotatable bonds is 4. The van der Waals surface area contributed by atoms with E-state index in [1.165, 1.54) is 7.11 Å². The average molecular weight is 264 g/mol. The fourth-order valence-electron chi connectivity index (χ4n) is 2.10. The SMILES string of the molecule is COC(=O)C(C)c1ccc(OC2CCCCO2)cc1. The standard InChI is InChI=1S/C15H20O4/c1-11(15(16)17-2)12-6-8-13(9-7-12)19-14-5-3-4-10-18-14/h6-9,11,14H,3-5,10H2,1-2H3. The summed E-state index contributed by atoms with van der Waals surface area (Å²) in [5, 5.41) is 0. The van der Waals surface area contributed by atoms with Crippen molar-refractivity contribution >= 4 is 5.97 Å². The normalized spacial score (nSPS) is 20.6. The lowest BCUT2D eigenvalue weighted by Crippen LogP contribution is -2.24. The second kappa shape index (κ2) is 6.57. The molecule has 1 saturated heterocycles. The molecule has 1 aromatic carbocycles. The van der Waals surface area contributed by atoms with Gasteiger partial charge in [-0.15, -0.1) is 0 Å².